The van der Waals surface area contributed by atoms with Crippen molar-refractivity contribution in [1.29, 1.82) is 0 Å². The van der Waals surface area contributed by atoms with E-state index >= 15 is 0 Å². The molecule has 1 N–H and O–H groups in total. The van der Waals surface area contributed by atoms with Gasteiger partial charge in [0.2, 0.25) is 0 Å². The van der Waals surface area contributed by atoms with Crippen LogP contribution in [0.1, 0.15) is 5.56 Å². The summed E-state index contributed by atoms with van der Waals surface area (Å²) in [5.74, 6) is -0.212. The first-order valence-electron chi connectivity index (χ1n) is 5.33. The quantitative estimate of drug-likeness (QED) is 0.933. The SMILES string of the molecule is Fc1ccccc1CCNc1cc(Cl)nnc1Cl. The minimum Gasteiger partial charge on any atom is -0.382 e. The summed E-state index contributed by atoms with van der Waals surface area (Å²) in [6.07, 6.45) is 0.545. The van der Waals surface area contributed by atoms with E-state index in [9.17, 15) is 4.39 Å². The zero-order valence-corrected chi connectivity index (χ0v) is 10.8. The van der Waals surface area contributed by atoms with Crippen LogP contribution >= 0.6 is 23.2 Å². The average Bonchev–Trinajstić information content (AvgIpc) is 2.36. The van der Waals surface area contributed by atoms with Crippen LogP contribution < -0.4 is 5.32 Å². The lowest BCUT2D eigenvalue weighted by molar-refractivity contribution is 0.610. The highest BCUT2D eigenvalue weighted by Crippen LogP contribution is 2.20. The maximum Gasteiger partial charge on any atom is 0.174 e. The van der Waals surface area contributed by atoms with Crippen LogP contribution in [0.5, 0.6) is 0 Å². The van der Waals surface area contributed by atoms with Crippen LogP contribution in [0.25, 0.3) is 0 Å². The zero-order valence-electron chi connectivity index (χ0n) is 9.33. The molecule has 18 heavy (non-hydrogen) atoms. The van der Waals surface area contributed by atoms with Crippen LogP contribution in [0.4, 0.5) is 10.1 Å². The van der Waals surface area contributed by atoms with Crippen LogP contribution in [0.2, 0.25) is 10.3 Å². The molecule has 1 aromatic carbocycles. The number of nitrogens with zero attached hydrogens (tertiary/aromatic N) is 2. The summed E-state index contributed by atoms with van der Waals surface area (Å²) in [4.78, 5) is 0. The first kappa shape index (κ1) is 13.1. The summed E-state index contributed by atoms with van der Waals surface area (Å²) in [6.45, 7) is 0.530. The maximum atomic E-state index is 13.4. The van der Waals surface area contributed by atoms with E-state index in [1.165, 1.54) is 6.07 Å². The van der Waals surface area contributed by atoms with Crippen molar-refractivity contribution in [1.82, 2.24) is 10.2 Å². The van der Waals surface area contributed by atoms with E-state index in [0.717, 1.165) is 0 Å². The van der Waals surface area contributed by atoms with Gasteiger partial charge in [0.05, 0.1) is 5.69 Å². The lowest BCUT2D eigenvalue weighted by Crippen LogP contribution is -2.07. The number of hydrogen-bond donors (Lipinski definition) is 1. The van der Waals surface area contributed by atoms with E-state index in [4.69, 9.17) is 23.2 Å². The Balaban J connectivity index is 1.96. The summed E-state index contributed by atoms with van der Waals surface area (Å²) in [6, 6.07) is 8.23. The van der Waals surface area contributed by atoms with Gasteiger partial charge in [0, 0.05) is 12.6 Å². The van der Waals surface area contributed by atoms with Gasteiger partial charge in [-0.3, -0.25) is 0 Å². The number of anilines is 1. The number of aromatic nitrogens is 2. The lowest BCUT2D eigenvalue weighted by atomic mass is 10.1. The summed E-state index contributed by atoms with van der Waals surface area (Å²) >= 11 is 11.5. The predicted octanol–water partition coefficient (Wildman–Crippen LogP) is 3.58. The molecule has 0 amide bonds. The largest absolute Gasteiger partial charge is 0.382 e. The van der Waals surface area contributed by atoms with Gasteiger partial charge in [0.15, 0.2) is 10.3 Å². The fourth-order valence-electron chi connectivity index (χ4n) is 1.51. The highest BCUT2D eigenvalue weighted by molar-refractivity contribution is 6.33. The molecule has 0 saturated heterocycles. The molecule has 1 aromatic heterocycles. The minimum absolute atomic E-state index is 0.212. The molecular formula is C12H10Cl2FN3. The molecule has 0 atom stereocenters. The highest BCUT2D eigenvalue weighted by Gasteiger charge is 2.04. The lowest BCUT2D eigenvalue weighted by Gasteiger charge is -2.08. The van der Waals surface area contributed by atoms with Gasteiger partial charge in [-0.25, -0.2) is 4.39 Å². The van der Waals surface area contributed by atoms with Crippen LogP contribution in [0.3, 0.4) is 0 Å². The number of rotatable bonds is 4. The van der Waals surface area contributed by atoms with Gasteiger partial charge in [-0.1, -0.05) is 41.4 Å². The summed E-state index contributed by atoms with van der Waals surface area (Å²) in [7, 11) is 0. The molecule has 6 heteroatoms. The molecule has 0 radical (unpaired) electrons. The van der Waals surface area contributed by atoms with Crippen molar-refractivity contribution in [2.24, 2.45) is 0 Å². The Bertz CT molecular complexity index is 549. The molecule has 0 aliphatic heterocycles. The van der Waals surface area contributed by atoms with Crippen molar-refractivity contribution in [3.05, 3.63) is 52.0 Å². The Morgan fingerprint density at radius 1 is 1.17 bits per heavy atom. The second-order valence-electron chi connectivity index (χ2n) is 3.64. The van der Waals surface area contributed by atoms with Crippen molar-refractivity contribution < 1.29 is 4.39 Å². The van der Waals surface area contributed by atoms with Crippen molar-refractivity contribution in [3.8, 4) is 0 Å². The second kappa shape index (κ2) is 5.98. The van der Waals surface area contributed by atoms with Crippen molar-refractivity contribution in [2.45, 2.75) is 6.42 Å². The van der Waals surface area contributed by atoms with Gasteiger partial charge in [-0.05, 0) is 18.1 Å². The third-order valence-electron chi connectivity index (χ3n) is 2.39. The fraction of sp³-hybridized carbons (Fsp3) is 0.167. The number of nitrogens with one attached hydrogen (secondary N) is 1. The molecule has 3 nitrogen and oxygen atoms in total. The third-order valence-corrected chi connectivity index (χ3v) is 2.85. The summed E-state index contributed by atoms with van der Waals surface area (Å²) < 4.78 is 13.4. The average molecular weight is 286 g/mol. The molecule has 0 spiro atoms. The van der Waals surface area contributed by atoms with Gasteiger partial charge in [-0.15, -0.1) is 10.2 Å². The highest BCUT2D eigenvalue weighted by atomic mass is 35.5. The molecule has 0 aliphatic rings. The topological polar surface area (TPSA) is 37.8 Å². The molecule has 2 rings (SSSR count). The van der Waals surface area contributed by atoms with Crippen LogP contribution in [0, 0.1) is 5.82 Å². The van der Waals surface area contributed by atoms with Crippen LogP contribution in [0.15, 0.2) is 30.3 Å². The van der Waals surface area contributed by atoms with Gasteiger partial charge >= 0.3 is 0 Å². The first-order valence-corrected chi connectivity index (χ1v) is 6.08. The molecule has 0 unspecified atom stereocenters. The Kier molecular flexibility index (Phi) is 4.33. The number of hydrogen-bond acceptors (Lipinski definition) is 3. The monoisotopic (exact) mass is 285 g/mol. The molecule has 1 heterocycles. The van der Waals surface area contributed by atoms with Gasteiger partial charge in [0.1, 0.15) is 5.82 Å². The van der Waals surface area contributed by atoms with Gasteiger partial charge in [-0.2, -0.15) is 0 Å². The minimum atomic E-state index is -0.212. The number of halogens is 3. The van der Waals surface area contributed by atoms with E-state index < -0.39 is 0 Å². The molecular weight excluding hydrogens is 276 g/mol. The van der Waals surface area contributed by atoms with Crippen molar-refractivity contribution in [2.75, 3.05) is 11.9 Å². The standard InChI is InChI=1S/C12H10Cl2FN3/c13-11-7-10(12(14)18-17-11)16-6-5-8-3-1-2-4-9(8)15/h1-4,7H,5-6H2,(H,16,17). The van der Waals surface area contributed by atoms with Crippen LogP contribution in [-0.2, 0) is 6.42 Å². The molecule has 0 bridgehead atoms. The molecule has 94 valence electrons. The molecule has 2 aromatic rings. The zero-order chi connectivity index (χ0) is 13.0. The van der Waals surface area contributed by atoms with Crippen molar-refractivity contribution >= 4 is 28.9 Å². The Labute approximate surface area is 114 Å². The second-order valence-corrected chi connectivity index (χ2v) is 4.38. The molecule has 0 saturated carbocycles. The smallest absolute Gasteiger partial charge is 0.174 e. The molecule has 0 fully saturated rings. The fourth-order valence-corrected chi connectivity index (χ4v) is 1.82. The Morgan fingerprint density at radius 3 is 2.72 bits per heavy atom. The van der Waals surface area contributed by atoms with E-state index in [1.807, 2.05) is 0 Å². The first-order chi connectivity index (χ1) is 8.66. The normalized spacial score (nSPS) is 10.4. The van der Waals surface area contributed by atoms with E-state index in [2.05, 4.69) is 15.5 Å². The van der Waals surface area contributed by atoms with Crippen molar-refractivity contribution in [3.63, 3.8) is 0 Å². The molecule has 0 aliphatic carbocycles. The van der Waals surface area contributed by atoms with E-state index in [-0.39, 0.29) is 16.1 Å². The maximum absolute atomic E-state index is 13.4. The van der Waals surface area contributed by atoms with Gasteiger partial charge < -0.3 is 5.32 Å². The predicted molar refractivity (Wildman–Crippen MR) is 70.6 cm³/mol. The third kappa shape index (κ3) is 3.31. The summed E-state index contributed by atoms with van der Waals surface area (Å²) in [5.41, 5.74) is 1.24. The Hall–Kier alpha value is -1.39. The Morgan fingerprint density at radius 2 is 1.94 bits per heavy atom. The van der Waals surface area contributed by atoms with E-state index in [1.54, 1.807) is 24.3 Å². The van der Waals surface area contributed by atoms with Gasteiger partial charge in [0.25, 0.3) is 0 Å². The van der Waals surface area contributed by atoms with E-state index in [0.29, 0.717) is 24.2 Å². The van der Waals surface area contributed by atoms with Crippen LogP contribution in [-0.4, -0.2) is 16.7 Å². The number of benzene rings is 1. The summed E-state index contributed by atoms with van der Waals surface area (Å²) in [5, 5.41) is 10.8.